The summed E-state index contributed by atoms with van der Waals surface area (Å²) in [5.41, 5.74) is 0.881. The van der Waals surface area contributed by atoms with Crippen molar-refractivity contribution in [3.8, 4) is 11.4 Å². The number of nitrogens with zero attached hydrogens (tertiary/aromatic N) is 7. The normalized spacial score (nSPS) is 23.1. The number of rotatable bonds is 7. The van der Waals surface area contributed by atoms with E-state index in [0.717, 1.165) is 61.3 Å². The molecule has 168 valence electrons. The molecule has 2 fully saturated rings. The molecule has 8 nitrogen and oxygen atoms in total. The molecule has 1 saturated heterocycles. The van der Waals surface area contributed by atoms with E-state index in [1.165, 1.54) is 30.5 Å². The van der Waals surface area contributed by atoms with Crippen LogP contribution in [0.25, 0.3) is 5.69 Å². The maximum absolute atomic E-state index is 6.00. The van der Waals surface area contributed by atoms with E-state index >= 15 is 0 Å². The summed E-state index contributed by atoms with van der Waals surface area (Å²) < 4.78 is 6.00. The molecule has 1 aliphatic heterocycles. The molecule has 0 bridgehead atoms. The van der Waals surface area contributed by atoms with Crippen molar-refractivity contribution in [1.82, 2.24) is 30.2 Å². The van der Waals surface area contributed by atoms with Gasteiger partial charge in [-0.25, -0.2) is 9.97 Å². The summed E-state index contributed by atoms with van der Waals surface area (Å²) in [7, 11) is 0. The van der Waals surface area contributed by atoms with Gasteiger partial charge < -0.3 is 9.64 Å². The van der Waals surface area contributed by atoms with E-state index in [0.29, 0.717) is 10.8 Å². The third-order valence-corrected chi connectivity index (χ3v) is 6.78. The average Bonchev–Trinajstić information content (AvgIpc) is 3.51. The second kappa shape index (κ2) is 9.40. The van der Waals surface area contributed by atoms with Crippen LogP contribution in [-0.2, 0) is 0 Å². The molecular weight excluding hydrogens is 426 g/mol. The maximum Gasteiger partial charge on any atom is 0.225 e. The fourth-order valence-electron chi connectivity index (χ4n) is 4.80. The molecule has 5 rings (SSSR count). The molecule has 1 aliphatic carbocycles. The first-order valence-electron chi connectivity index (χ1n) is 11.4. The second-order valence-electron chi connectivity index (χ2n) is 8.80. The smallest absolute Gasteiger partial charge is 0.225 e. The van der Waals surface area contributed by atoms with Crippen LogP contribution in [0, 0.1) is 24.7 Å². The van der Waals surface area contributed by atoms with Crippen LogP contribution in [-0.4, -0.2) is 49.9 Å². The highest BCUT2D eigenvalue weighted by Gasteiger charge is 2.42. The van der Waals surface area contributed by atoms with E-state index in [4.69, 9.17) is 16.3 Å². The molecule has 2 aromatic heterocycles. The number of hydrogen-bond acceptors (Lipinski definition) is 7. The van der Waals surface area contributed by atoms with Crippen molar-refractivity contribution in [2.24, 2.45) is 17.8 Å². The Morgan fingerprint density at radius 2 is 1.91 bits per heavy atom. The van der Waals surface area contributed by atoms with Crippen LogP contribution in [0.4, 0.5) is 5.95 Å². The lowest BCUT2D eigenvalue weighted by molar-refractivity contribution is 0.290. The van der Waals surface area contributed by atoms with E-state index in [9.17, 15) is 0 Å². The Balaban J connectivity index is 1.05. The lowest BCUT2D eigenvalue weighted by Gasteiger charge is -2.20. The molecule has 1 aromatic carbocycles. The van der Waals surface area contributed by atoms with Gasteiger partial charge in [0.05, 0.1) is 29.7 Å². The molecule has 3 unspecified atom stereocenters. The summed E-state index contributed by atoms with van der Waals surface area (Å²) in [6.45, 7) is 4.64. The van der Waals surface area contributed by atoms with Gasteiger partial charge in [0.1, 0.15) is 5.75 Å². The summed E-state index contributed by atoms with van der Waals surface area (Å²) in [4.78, 5) is 12.6. The first kappa shape index (κ1) is 21.1. The molecule has 32 heavy (non-hydrogen) atoms. The van der Waals surface area contributed by atoms with Crippen molar-refractivity contribution in [3.05, 3.63) is 47.5 Å². The first-order valence-corrected chi connectivity index (χ1v) is 11.8. The third kappa shape index (κ3) is 5.01. The molecule has 3 atom stereocenters. The molecule has 9 heteroatoms. The third-order valence-electron chi connectivity index (χ3n) is 6.58. The summed E-state index contributed by atoms with van der Waals surface area (Å²) >= 11 is 5.92. The SMILES string of the molecule is Cc1nnn(-c2ccc(OCCC3CC3C3CCCN(c4ncc(Cl)cn4)CC3)cc2)n1. The number of tetrazole rings is 1. The number of hydrogen-bond donors (Lipinski definition) is 0. The zero-order valence-corrected chi connectivity index (χ0v) is 19.0. The number of halogens is 1. The predicted octanol–water partition coefficient (Wildman–Crippen LogP) is 4.13. The molecule has 2 aliphatic rings. The molecule has 0 amide bonds. The van der Waals surface area contributed by atoms with Gasteiger partial charge >= 0.3 is 0 Å². The van der Waals surface area contributed by atoms with Crippen LogP contribution in [0.1, 0.15) is 37.9 Å². The minimum atomic E-state index is 0.586. The Hall–Kier alpha value is -2.74. The van der Waals surface area contributed by atoms with Crippen LogP contribution in [0.2, 0.25) is 5.02 Å². The average molecular weight is 454 g/mol. The largest absolute Gasteiger partial charge is 0.494 e. The summed E-state index contributed by atoms with van der Waals surface area (Å²) in [5.74, 6) is 4.78. The van der Waals surface area contributed by atoms with E-state index in [2.05, 4.69) is 30.3 Å². The quantitative estimate of drug-likeness (QED) is 0.532. The number of anilines is 1. The van der Waals surface area contributed by atoms with Gasteiger partial charge in [-0.3, -0.25) is 0 Å². The zero-order valence-electron chi connectivity index (χ0n) is 18.3. The van der Waals surface area contributed by atoms with Crippen molar-refractivity contribution in [2.45, 2.75) is 39.0 Å². The Bertz CT molecular complexity index is 1020. The van der Waals surface area contributed by atoms with Gasteiger partial charge in [0.25, 0.3) is 0 Å². The Kier molecular flexibility index (Phi) is 6.21. The predicted molar refractivity (Wildman–Crippen MR) is 122 cm³/mol. The standard InChI is InChI=1S/C23H28ClN7O/c1-16-27-29-31(28-16)20-4-6-21(7-5-20)32-12-9-18-13-22(18)17-3-2-10-30(11-8-17)23-25-14-19(24)15-26-23/h4-7,14-15,17-18,22H,2-3,8-13H2,1H3. The van der Waals surface area contributed by atoms with Crippen molar-refractivity contribution in [1.29, 1.82) is 0 Å². The fourth-order valence-corrected chi connectivity index (χ4v) is 4.89. The summed E-state index contributed by atoms with van der Waals surface area (Å²) in [6.07, 6.45) is 9.53. The molecule has 0 radical (unpaired) electrons. The highest BCUT2D eigenvalue weighted by molar-refractivity contribution is 6.30. The highest BCUT2D eigenvalue weighted by Crippen LogP contribution is 2.49. The molecule has 3 aromatic rings. The van der Waals surface area contributed by atoms with Crippen molar-refractivity contribution in [2.75, 3.05) is 24.6 Å². The molecule has 0 spiro atoms. The van der Waals surface area contributed by atoms with Gasteiger partial charge in [-0.1, -0.05) is 11.6 Å². The monoisotopic (exact) mass is 453 g/mol. The van der Waals surface area contributed by atoms with Gasteiger partial charge in [-0.2, -0.15) is 0 Å². The van der Waals surface area contributed by atoms with Gasteiger partial charge in [-0.05, 0) is 86.3 Å². The van der Waals surface area contributed by atoms with Crippen LogP contribution >= 0.6 is 11.6 Å². The zero-order chi connectivity index (χ0) is 21.9. The lowest BCUT2D eigenvalue weighted by Crippen LogP contribution is -2.26. The molecule has 0 N–H and O–H groups in total. The van der Waals surface area contributed by atoms with Crippen LogP contribution in [0.3, 0.4) is 0 Å². The summed E-state index contributed by atoms with van der Waals surface area (Å²) in [5, 5.41) is 12.7. The van der Waals surface area contributed by atoms with Crippen LogP contribution in [0.5, 0.6) is 5.75 Å². The Morgan fingerprint density at radius 3 is 2.66 bits per heavy atom. The van der Waals surface area contributed by atoms with E-state index in [1.54, 1.807) is 12.4 Å². The van der Waals surface area contributed by atoms with Gasteiger partial charge in [0.2, 0.25) is 5.95 Å². The fraction of sp³-hybridized carbons (Fsp3) is 0.522. The second-order valence-corrected chi connectivity index (χ2v) is 9.23. The number of aromatic nitrogens is 6. The number of aryl methyl sites for hydroxylation is 1. The first-order chi connectivity index (χ1) is 15.7. The molecule has 1 saturated carbocycles. The van der Waals surface area contributed by atoms with Crippen molar-refractivity contribution < 1.29 is 4.74 Å². The van der Waals surface area contributed by atoms with E-state index < -0.39 is 0 Å². The van der Waals surface area contributed by atoms with Crippen molar-refractivity contribution >= 4 is 17.5 Å². The van der Waals surface area contributed by atoms with Gasteiger partial charge in [0, 0.05) is 13.1 Å². The highest BCUT2D eigenvalue weighted by atomic mass is 35.5. The van der Waals surface area contributed by atoms with Gasteiger partial charge in [0.15, 0.2) is 5.82 Å². The minimum Gasteiger partial charge on any atom is -0.494 e. The Morgan fingerprint density at radius 1 is 1.09 bits per heavy atom. The van der Waals surface area contributed by atoms with Crippen LogP contribution < -0.4 is 9.64 Å². The Labute approximate surface area is 193 Å². The maximum atomic E-state index is 6.00. The molecular formula is C23H28ClN7O. The van der Waals surface area contributed by atoms with Crippen LogP contribution in [0.15, 0.2) is 36.7 Å². The minimum absolute atomic E-state index is 0.586. The topological polar surface area (TPSA) is 81.9 Å². The lowest BCUT2D eigenvalue weighted by atomic mass is 9.93. The van der Waals surface area contributed by atoms with Gasteiger partial charge in [-0.15, -0.1) is 15.0 Å². The van der Waals surface area contributed by atoms with E-state index in [1.807, 2.05) is 31.2 Å². The molecule has 3 heterocycles. The van der Waals surface area contributed by atoms with E-state index in [-0.39, 0.29) is 0 Å². The van der Waals surface area contributed by atoms with Crippen molar-refractivity contribution in [3.63, 3.8) is 0 Å². The number of ether oxygens (including phenoxy) is 1. The number of benzene rings is 1. The summed E-state index contributed by atoms with van der Waals surface area (Å²) in [6, 6.07) is 7.85.